The molecule has 8 heteroatoms. The molecule has 1 aliphatic rings. The molecule has 3 aromatic carbocycles. The van der Waals surface area contributed by atoms with Crippen LogP contribution in [0.4, 0.5) is 11.4 Å². The SMILES string of the molecule is COc1ccc(N2C(=O)[C@@H](CC(=O)Nc3ccc(C)cc3C)N(Cc3ccccc3Cl)C2=S)cc1. The highest BCUT2D eigenvalue weighted by molar-refractivity contribution is 7.80. The Kier molecular flexibility index (Phi) is 7.38. The lowest BCUT2D eigenvalue weighted by atomic mass is 10.1. The lowest BCUT2D eigenvalue weighted by Gasteiger charge is -2.24. The molecular weight excluding hydrogens is 482 g/mol. The molecule has 1 atom stereocenters. The van der Waals surface area contributed by atoms with Crippen molar-refractivity contribution in [2.24, 2.45) is 0 Å². The van der Waals surface area contributed by atoms with E-state index >= 15 is 0 Å². The summed E-state index contributed by atoms with van der Waals surface area (Å²) in [5, 5.41) is 3.84. The minimum atomic E-state index is -0.772. The number of anilines is 2. The van der Waals surface area contributed by atoms with Crippen LogP contribution in [0.15, 0.2) is 66.7 Å². The van der Waals surface area contributed by atoms with E-state index in [9.17, 15) is 9.59 Å². The molecule has 4 rings (SSSR count). The average Bonchev–Trinajstić information content (AvgIpc) is 3.06. The first kappa shape index (κ1) is 24.7. The summed E-state index contributed by atoms with van der Waals surface area (Å²) < 4.78 is 5.23. The van der Waals surface area contributed by atoms with E-state index in [1.807, 2.05) is 50.2 Å². The molecule has 0 spiro atoms. The Hall–Kier alpha value is -3.42. The van der Waals surface area contributed by atoms with E-state index in [4.69, 9.17) is 28.6 Å². The number of thiocarbonyl (C=S) groups is 1. The van der Waals surface area contributed by atoms with Crippen molar-refractivity contribution in [3.63, 3.8) is 0 Å². The van der Waals surface area contributed by atoms with Crippen LogP contribution in [0.1, 0.15) is 23.1 Å². The first-order chi connectivity index (χ1) is 16.8. The molecule has 1 N–H and O–H groups in total. The number of aryl methyl sites for hydroxylation is 2. The topological polar surface area (TPSA) is 61.9 Å². The summed E-state index contributed by atoms with van der Waals surface area (Å²) in [6.07, 6.45) is -0.0522. The summed E-state index contributed by atoms with van der Waals surface area (Å²) in [7, 11) is 1.58. The van der Waals surface area contributed by atoms with Crippen LogP contribution in [0.5, 0.6) is 5.75 Å². The number of rotatable bonds is 7. The quantitative estimate of drug-likeness (QED) is 0.428. The molecule has 0 bridgehead atoms. The second-order valence-corrected chi connectivity index (χ2v) is 9.23. The Morgan fingerprint density at radius 3 is 2.46 bits per heavy atom. The van der Waals surface area contributed by atoms with Crippen molar-refractivity contribution >= 4 is 52.1 Å². The molecule has 35 heavy (non-hydrogen) atoms. The Labute approximate surface area is 215 Å². The van der Waals surface area contributed by atoms with E-state index in [0.717, 1.165) is 22.4 Å². The zero-order valence-corrected chi connectivity index (χ0v) is 21.3. The molecule has 1 aliphatic heterocycles. The summed E-state index contributed by atoms with van der Waals surface area (Å²) >= 11 is 12.1. The third-order valence-electron chi connectivity index (χ3n) is 5.98. The second kappa shape index (κ2) is 10.5. The van der Waals surface area contributed by atoms with Gasteiger partial charge in [-0.3, -0.25) is 14.5 Å². The molecule has 1 heterocycles. The summed E-state index contributed by atoms with van der Waals surface area (Å²) in [6, 6.07) is 19.5. The maximum absolute atomic E-state index is 13.6. The highest BCUT2D eigenvalue weighted by Crippen LogP contribution is 2.31. The summed E-state index contributed by atoms with van der Waals surface area (Å²) in [5.74, 6) is 0.144. The van der Waals surface area contributed by atoms with E-state index in [0.29, 0.717) is 28.1 Å². The largest absolute Gasteiger partial charge is 0.497 e. The number of amides is 2. The third-order valence-corrected chi connectivity index (χ3v) is 6.77. The zero-order chi connectivity index (χ0) is 25.1. The number of hydrogen-bond donors (Lipinski definition) is 1. The normalized spacial score (nSPS) is 15.5. The van der Waals surface area contributed by atoms with Crippen LogP contribution in [0.3, 0.4) is 0 Å². The van der Waals surface area contributed by atoms with Gasteiger partial charge in [-0.2, -0.15) is 0 Å². The first-order valence-electron chi connectivity index (χ1n) is 11.2. The van der Waals surface area contributed by atoms with Gasteiger partial charge in [-0.1, -0.05) is 47.5 Å². The molecule has 2 amide bonds. The molecule has 3 aromatic rings. The van der Waals surface area contributed by atoms with Crippen LogP contribution in [0.25, 0.3) is 0 Å². The number of carbonyl (C=O) groups excluding carboxylic acids is 2. The number of benzene rings is 3. The van der Waals surface area contributed by atoms with Gasteiger partial charge in [0.2, 0.25) is 5.91 Å². The highest BCUT2D eigenvalue weighted by Gasteiger charge is 2.44. The molecule has 0 saturated carbocycles. The predicted octanol–water partition coefficient (Wildman–Crippen LogP) is 5.50. The van der Waals surface area contributed by atoms with Gasteiger partial charge in [-0.15, -0.1) is 0 Å². The van der Waals surface area contributed by atoms with E-state index in [-0.39, 0.29) is 18.2 Å². The van der Waals surface area contributed by atoms with Crippen molar-refractivity contribution in [3.05, 3.63) is 88.4 Å². The van der Waals surface area contributed by atoms with Crippen LogP contribution >= 0.6 is 23.8 Å². The first-order valence-corrected chi connectivity index (χ1v) is 12.0. The summed E-state index contributed by atoms with van der Waals surface area (Å²) in [5.41, 5.74) is 4.22. The van der Waals surface area contributed by atoms with Crippen molar-refractivity contribution in [2.75, 3.05) is 17.3 Å². The fourth-order valence-corrected chi connectivity index (χ4v) is 4.71. The molecular formula is C27H26ClN3O3S. The summed E-state index contributed by atoms with van der Waals surface area (Å²) in [4.78, 5) is 29.9. The van der Waals surface area contributed by atoms with Gasteiger partial charge in [0.05, 0.1) is 19.2 Å². The van der Waals surface area contributed by atoms with E-state index in [1.54, 1.807) is 42.3 Å². The Morgan fingerprint density at radius 2 is 1.80 bits per heavy atom. The van der Waals surface area contributed by atoms with Crippen LogP contribution in [-0.2, 0) is 16.1 Å². The van der Waals surface area contributed by atoms with Crippen molar-refractivity contribution in [1.29, 1.82) is 0 Å². The van der Waals surface area contributed by atoms with E-state index < -0.39 is 6.04 Å². The maximum Gasteiger partial charge on any atom is 0.256 e. The predicted molar refractivity (Wildman–Crippen MR) is 143 cm³/mol. The lowest BCUT2D eigenvalue weighted by Crippen LogP contribution is -2.37. The van der Waals surface area contributed by atoms with Crippen molar-refractivity contribution < 1.29 is 14.3 Å². The minimum absolute atomic E-state index is 0.0522. The molecule has 0 aliphatic carbocycles. The van der Waals surface area contributed by atoms with Gasteiger partial charge in [0.25, 0.3) is 5.91 Å². The van der Waals surface area contributed by atoms with E-state index in [2.05, 4.69) is 5.32 Å². The minimum Gasteiger partial charge on any atom is -0.497 e. The summed E-state index contributed by atoms with van der Waals surface area (Å²) in [6.45, 7) is 4.24. The fourth-order valence-electron chi connectivity index (χ4n) is 4.12. The van der Waals surface area contributed by atoms with Gasteiger partial charge in [0, 0.05) is 17.3 Å². The number of nitrogens with one attached hydrogen (secondary N) is 1. The fraction of sp³-hybridized carbons (Fsp3) is 0.222. The number of halogens is 1. The van der Waals surface area contributed by atoms with Crippen LogP contribution in [-0.4, -0.2) is 35.0 Å². The number of hydrogen-bond acceptors (Lipinski definition) is 4. The van der Waals surface area contributed by atoms with Gasteiger partial charge in [-0.05, 0) is 73.6 Å². The zero-order valence-electron chi connectivity index (χ0n) is 19.7. The number of carbonyl (C=O) groups is 2. The van der Waals surface area contributed by atoms with Gasteiger partial charge < -0.3 is 15.0 Å². The maximum atomic E-state index is 13.6. The molecule has 1 saturated heterocycles. The average molecular weight is 508 g/mol. The Morgan fingerprint density at radius 1 is 1.09 bits per heavy atom. The standard InChI is InChI=1S/C27H26ClN3O3S/c1-17-8-13-23(18(2)14-17)29-25(32)15-24-26(33)31(20-9-11-21(34-3)12-10-20)27(35)30(24)16-19-6-4-5-7-22(19)28/h4-14,24H,15-16H2,1-3H3,(H,29,32)/t24-/m1/s1. The van der Waals surface area contributed by atoms with Gasteiger partial charge in [0.15, 0.2) is 5.11 Å². The van der Waals surface area contributed by atoms with Crippen molar-refractivity contribution in [1.82, 2.24) is 4.90 Å². The third kappa shape index (κ3) is 5.31. The second-order valence-electron chi connectivity index (χ2n) is 8.46. The molecule has 0 unspecified atom stereocenters. The van der Waals surface area contributed by atoms with Crippen LogP contribution < -0.4 is 15.0 Å². The smallest absolute Gasteiger partial charge is 0.256 e. The van der Waals surface area contributed by atoms with Crippen LogP contribution in [0.2, 0.25) is 5.02 Å². The number of methoxy groups -OCH3 is 1. The molecule has 180 valence electrons. The van der Waals surface area contributed by atoms with E-state index in [1.165, 1.54) is 4.90 Å². The van der Waals surface area contributed by atoms with Crippen molar-refractivity contribution in [3.8, 4) is 5.75 Å². The Bertz CT molecular complexity index is 1280. The molecule has 0 radical (unpaired) electrons. The number of ether oxygens (including phenoxy) is 1. The monoisotopic (exact) mass is 507 g/mol. The highest BCUT2D eigenvalue weighted by atomic mass is 35.5. The Balaban J connectivity index is 1.62. The van der Waals surface area contributed by atoms with Crippen LogP contribution in [0, 0.1) is 13.8 Å². The van der Waals surface area contributed by atoms with Gasteiger partial charge >= 0.3 is 0 Å². The molecule has 1 fully saturated rings. The van der Waals surface area contributed by atoms with Gasteiger partial charge in [-0.25, -0.2) is 0 Å². The number of nitrogens with zero attached hydrogens (tertiary/aromatic N) is 2. The molecule has 6 nitrogen and oxygen atoms in total. The van der Waals surface area contributed by atoms with Crippen molar-refractivity contribution in [2.45, 2.75) is 32.9 Å². The lowest BCUT2D eigenvalue weighted by molar-refractivity contribution is -0.124. The van der Waals surface area contributed by atoms with Gasteiger partial charge in [0.1, 0.15) is 11.8 Å². The molecule has 0 aromatic heterocycles.